The van der Waals surface area contributed by atoms with Gasteiger partial charge in [-0.2, -0.15) is 0 Å². The Balaban J connectivity index is 1.85. The monoisotopic (exact) mass is 375 g/mol. The normalized spacial score (nSPS) is 12.3. The van der Waals surface area contributed by atoms with Gasteiger partial charge in [0.25, 0.3) is 0 Å². The van der Waals surface area contributed by atoms with Gasteiger partial charge in [0.2, 0.25) is 0 Å². The molecule has 0 fully saturated rings. The predicted octanol–water partition coefficient (Wildman–Crippen LogP) is 5.52. The molecule has 136 valence electrons. The molecule has 1 atom stereocenters. The lowest BCUT2D eigenvalue weighted by molar-refractivity contribution is 0.472. The first-order valence-corrected chi connectivity index (χ1v) is 9.68. The number of aryl methyl sites for hydroxylation is 3. The third-order valence-electron chi connectivity index (χ3n) is 4.54. The van der Waals surface area contributed by atoms with Gasteiger partial charge < -0.3 is 10.4 Å². The van der Waals surface area contributed by atoms with E-state index in [0.717, 1.165) is 33.0 Å². The highest BCUT2D eigenvalue weighted by molar-refractivity contribution is 7.12. The van der Waals surface area contributed by atoms with Crippen LogP contribution >= 0.6 is 11.3 Å². The van der Waals surface area contributed by atoms with Crippen LogP contribution in [0.3, 0.4) is 0 Å². The maximum Gasteiger partial charge on any atom is 0.147 e. The van der Waals surface area contributed by atoms with Gasteiger partial charge in [-0.3, -0.25) is 0 Å². The summed E-state index contributed by atoms with van der Waals surface area (Å²) in [5.74, 6) is 0.996. The lowest BCUT2D eigenvalue weighted by Crippen LogP contribution is -2.12. The van der Waals surface area contributed by atoms with Crippen molar-refractivity contribution in [3.8, 4) is 5.75 Å². The number of anilines is 1. The number of phenolic OH excluding ortho intramolecular Hbond substituents is 1. The second kappa shape index (κ2) is 7.00. The third-order valence-corrected chi connectivity index (χ3v) is 5.61. The number of thiophene rings is 1. The molecule has 0 saturated heterocycles. The number of hydrogen-bond donors (Lipinski definition) is 2. The molecule has 4 nitrogen and oxygen atoms in total. The van der Waals surface area contributed by atoms with Crippen molar-refractivity contribution in [2.75, 3.05) is 5.32 Å². The van der Waals surface area contributed by atoms with E-state index >= 15 is 0 Å². The summed E-state index contributed by atoms with van der Waals surface area (Å²) in [5, 5.41) is 15.5. The van der Waals surface area contributed by atoms with Gasteiger partial charge >= 0.3 is 0 Å². The average Bonchev–Trinajstić information content (AvgIpc) is 3.07. The molecule has 0 spiro atoms. The van der Waals surface area contributed by atoms with Gasteiger partial charge in [-0.1, -0.05) is 24.3 Å². The molecule has 0 aliphatic rings. The van der Waals surface area contributed by atoms with E-state index in [9.17, 15) is 5.11 Å². The summed E-state index contributed by atoms with van der Waals surface area (Å²) < 4.78 is 0. The van der Waals surface area contributed by atoms with E-state index in [1.165, 1.54) is 4.88 Å². The van der Waals surface area contributed by atoms with Gasteiger partial charge in [0.05, 0.1) is 6.04 Å². The zero-order valence-electron chi connectivity index (χ0n) is 15.5. The number of nitrogens with zero attached hydrogens (tertiary/aromatic N) is 2. The number of fused-ring (bicyclic) bond motifs is 1. The van der Waals surface area contributed by atoms with Crippen molar-refractivity contribution in [3.63, 3.8) is 0 Å². The highest BCUT2D eigenvalue weighted by Crippen LogP contribution is 2.38. The fourth-order valence-corrected chi connectivity index (χ4v) is 4.15. The van der Waals surface area contributed by atoms with Crippen LogP contribution in [-0.4, -0.2) is 15.1 Å². The van der Waals surface area contributed by atoms with E-state index in [2.05, 4.69) is 34.3 Å². The van der Waals surface area contributed by atoms with Gasteiger partial charge in [0.1, 0.15) is 17.1 Å². The molecule has 3 aromatic heterocycles. The van der Waals surface area contributed by atoms with Crippen molar-refractivity contribution in [1.82, 2.24) is 9.97 Å². The van der Waals surface area contributed by atoms with Crippen LogP contribution in [-0.2, 0) is 0 Å². The van der Waals surface area contributed by atoms with Crippen molar-refractivity contribution in [2.45, 2.75) is 26.8 Å². The topological polar surface area (TPSA) is 58.0 Å². The minimum absolute atomic E-state index is 0.204. The van der Waals surface area contributed by atoms with Crippen LogP contribution in [0.5, 0.6) is 5.75 Å². The van der Waals surface area contributed by atoms with Crippen LogP contribution in [0.2, 0.25) is 0 Å². The Morgan fingerprint density at radius 1 is 0.889 bits per heavy atom. The van der Waals surface area contributed by atoms with E-state index in [0.29, 0.717) is 5.52 Å². The standard InChI is InChI=1S/C22H21N3OS/c1-13-5-4-6-19(23-13)25-21(18-12-8-15(3)27-18)17-11-10-16-9-7-14(2)24-20(16)22(17)26/h4-12,21,26H,1-3H3,(H,23,25)/t21-/m0/s1. The van der Waals surface area contributed by atoms with Gasteiger partial charge in [-0.25, -0.2) is 9.97 Å². The molecule has 0 radical (unpaired) electrons. The average molecular weight is 375 g/mol. The second-order valence-corrected chi connectivity index (χ2v) is 8.04. The van der Waals surface area contributed by atoms with Crippen LogP contribution in [0.4, 0.5) is 5.82 Å². The second-order valence-electron chi connectivity index (χ2n) is 6.72. The summed E-state index contributed by atoms with van der Waals surface area (Å²) in [6, 6.07) is 17.8. The van der Waals surface area contributed by atoms with E-state index in [-0.39, 0.29) is 11.8 Å². The Kier molecular flexibility index (Phi) is 4.54. The molecule has 3 heterocycles. The molecule has 27 heavy (non-hydrogen) atoms. The number of rotatable bonds is 4. The molecule has 0 amide bonds. The SMILES string of the molecule is Cc1cccc(N[C@H](c2ccc(C)s2)c2ccc3ccc(C)nc3c2O)n1. The molecule has 2 N–H and O–H groups in total. The Morgan fingerprint density at radius 3 is 2.41 bits per heavy atom. The Labute approximate surface area is 162 Å². The number of hydrogen-bond acceptors (Lipinski definition) is 5. The molecule has 0 aliphatic carbocycles. The van der Waals surface area contributed by atoms with Crippen LogP contribution in [0, 0.1) is 20.8 Å². The maximum atomic E-state index is 11.0. The highest BCUT2D eigenvalue weighted by atomic mass is 32.1. The molecular formula is C22H21N3OS. The minimum atomic E-state index is -0.204. The Bertz CT molecular complexity index is 1120. The van der Waals surface area contributed by atoms with Crippen molar-refractivity contribution >= 4 is 28.1 Å². The van der Waals surface area contributed by atoms with Crippen molar-refractivity contribution in [1.29, 1.82) is 0 Å². The fraction of sp³-hybridized carbons (Fsp3) is 0.182. The minimum Gasteiger partial charge on any atom is -0.505 e. The molecule has 4 rings (SSSR count). The van der Waals surface area contributed by atoms with E-state index in [1.54, 1.807) is 11.3 Å². The molecule has 5 heteroatoms. The van der Waals surface area contributed by atoms with Crippen LogP contribution < -0.4 is 5.32 Å². The predicted molar refractivity (Wildman–Crippen MR) is 112 cm³/mol. The molecule has 0 unspecified atom stereocenters. The number of aromatic hydroxyl groups is 1. The first-order chi connectivity index (χ1) is 13.0. The summed E-state index contributed by atoms with van der Waals surface area (Å²) in [6.45, 7) is 5.98. The summed E-state index contributed by atoms with van der Waals surface area (Å²) in [5.41, 5.74) is 3.25. The molecule has 0 saturated carbocycles. The fourth-order valence-electron chi connectivity index (χ4n) is 3.20. The number of pyridine rings is 2. The quantitative estimate of drug-likeness (QED) is 0.493. The van der Waals surface area contributed by atoms with Gasteiger partial charge in [-0.05, 0) is 51.1 Å². The maximum absolute atomic E-state index is 11.0. The number of phenols is 1. The largest absolute Gasteiger partial charge is 0.505 e. The zero-order valence-corrected chi connectivity index (χ0v) is 16.3. The van der Waals surface area contributed by atoms with E-state index in [4.69, 9.17) is 0 Å². The highest BCUT2D eigenvalue weighted by Gasteiger charge is 2.22. The molecule has 4 aromatic rings. The van der Waals surface area contributed by atoms with E-state index in [1.807, 2.05) is 56.3 Å². The van der Waals surface area contributed by atoms with Gasteiger partial charge in [0.15, 0.2) is 0 Å². The van der Waals surface area contributed by atoms with Crippen LogP contribution in [0.25, 0.3) is 10.9 Å². The smallest absolute Gasteiger partial charge is 0.147 e. The number of aromatic nitrogens is 2. The Hall–Kier alpha value is -2.92. The number of benzene rings is 1. The molecular weight excluding hydrogens is 354 g/mol. The van der Waals surface area contributed by atoms with Crippen LogP contribution in [0.15, 0.2) is 54.6 Å². The summed E-state index contributed by atoms with van der Waals surface area (Å²) >= 11 is 1.71. The molecule has 1 aromatic carbocycles. The number of nitrogens with one attached hydrogen (secondary N) is 1. The summed E-state index contributed by atoms with van der Waals surface area (Å²) in [4.78, 5) is 11.5. The molecule has 0 bridgehead atoms. The first-order valence-electron chi connectivity index (χ1n) is 8.87. The lowest BCUT2D eigenvalue weighted by Gasteiger charge is -2.21. The van der Waals surface area contributed by atoms with Crippen molar-refractivity contribution in [2.24, 2.45) is 0 Å². The summed E-state index contributed by atoms with van der Waals surface area (Å²) in [6.07, 6.45) is 0. The zero-order chi connectivity index (χ0) is 19.0. The van der Waals surface area contributed by atoms with Crippen LogP contribution in [0.1, 0.15) is 32.7 Å². The van der Waals surface area contributed by atoms with Crippen molar-refractivity contribution in [3.05, 3.63) is 81.3 Å². The molecule has 0 aliphatic heterocycles. The van der Waals surface area contributed by atoms with Crippen molar-refractivity contribution < 1.29 is 5.11 Å². The first kappa shape index (κ1) is 17.5. The van der Waals surface area contributed by atoms with E-state index < -0.39 is 0 Å². The van der Waals surface area contributed by atoms with Gasteiger partial charge in [-0.15, -0.1) is 11.3 Å². The third kappa shape index (κ3) is 3.51. The van der Waals surface area contributed by atoms with Gasteiger partial charge in [0, 0.05) is 32.1 Å². The summed E-state index contributed by atoms with van der Waals surface area (Å²) in [7, 11) is 0. The Morgan fingerprint density at radius 2 is 1.67 bits per heavy atom. The lowest BCUT2D eigenvalue weighted by atomic mass is 10.0.